The number of carbonyl (C=O) groups excluding carboxylic acids is 2. The highest BCUT2D eigenvalue weighted by Gasteiger charge is 2.32. The molecule has 2 aromatic carbocycles. The predicted octanol–water partition coefficient (Wildman–Crippen LogP) is 1.89. The van der Waals surface area contributed by atoms with E-state index in [9.17, 15) is 9.59 Å². The Morgan fingerprint density at radius 1 is 1.17 bits per heavy atom. The molecule has 0 aromatic heterocycles. The lowest BCUT2D eigenvalue weighted by atomic mass is 10.0. The quantitative estimate of drug-likeness (QED) is 0.853. The Labute approximate surface area is 140 Å². The Hall–Kier alpha value is -2.82. The highest BCUT2D eigenvalue weighted by Crippen LogP contribution is 2.28. The van der Waals surface area contributed by atoms with Gasteiger partial charge in [-0.1, -0.05) is 48.5 Å². The van der Waals surface area contributed by atoms with Crippen molar-refractivity contribution in [2.75, 3.05) is 7.11 Å². The maximum atomic E-state index is 12.5. The van der Waals surface area contributed by atoms with E-state index in [1.54, 1.807) is 0 Å². The molecule has 5 nitrogen and oxygen atoms in total. The summed E-state index contributed by atoms with van der Waals surface area (Å²) in [5.74, 6) is -0.0597. The van der Waals surface area contributed by atoms with E-state index in [1.165, 1.54) is 7.11 Å². The average Bonchev–Trinajstić information content (AvgIpc) is 3.05. The molecule has 0 fully saturated rings. The first-order valence-electron chi connectivity index (χ1n) is 7.84. The van der Waals surface area contributed by atoms with Crippen molar-refractivity contribution < 1.29 is 19.1 Å². The highest BCUT2D eigenvalue weighted by molar-refractivity contribution is 5.88. The number of ether oxygens (including phenoxy) is 2. The van der Waals surface area contributed by atoms with Crippen molar-refractivity contribution in [1.82, 2.24) is 5.32 Å². The van der Waals surface area contributed by atoms with Gasteiger partial charge in [-0.05, 0) is 17.2 Å². The van der Waals surface area contributed by atoms with Gasteiger partial charge in [0.2, 0.25) is 0 Å². The molecule has 1 amide bonds. The fourth-order valence-corrected chi connectivity index (χ4v) is 2.78. The largest absolute Gasteiger partial charge is 0.480 e. The molecule has 2 aromatic rings. The maximum Gasteiger partial charge on any atom is 0.328 e. The smallest absolute Gasteiger partial charge is 0.328 e. The Morgan fingerprint density at radius 2 is 1.88 bits per heavy atom. The predicted molar refractivity (Wildman–Crippen MR) is 88.7 cm³/mol. The van der Waals surface area contributed by atoms with Gasteiger partial charge >= 0.3 is 5.97 Å². The zero-order chi connectivity index (χ0) is 16.9. The third kappa shape index (κ3) is 3.56. The molecule has 0 bridgehead atoms. The second kappa shape index (κ2) is 7.17. The van der Waals surface area contributed by atoms with Gasteiger partial charge in [0.05, 0.1) is 7.11 Å². The molecule has 1 N–H and O–H groups in total. The van der Waals surface area contributed by atoms with Crippen molar-refractivity contribution in [3.8, 4) is 5.75 Å². The minimum atomic E-state index is -0.739. The van der Waals surface area contributed by atoms with E-state index in [4.69, 9.17) is 9.47 Å². The number of hydrogen-bond acceptors (Lipinski definition) is 4. The number of esters is 1. The lowest BCUT2D eigenvalue weighted by molar-refractivity contribution is -0.145. The second-order valence-electron chi connectivity index (χ2n) is 5.69. The third-order valence-electron chi connectivity index (χ3n) is 4.02. The SMILES string of the molecule is COC(=O)[C@H](Cc1ccccc1)NC(=O)[C@@H]1Cc2ccccc2O1. The zero-order valence-electron chi connectivity index (χ0n) is 13.4. The lowest BCUT2D eigenvalue weighted by Gasteiger charge is -2.19. The maximum absolute atomic E-state index is 12.5. The van der Waals surface area contributed by atoms with Crippen LogP contribution in [0.15, 0.2) is 54.6 Å². The number of hydrogen-bond donors (Lipinski definition) is 1. The summed E-state index contributed by atoms with van der Waals surface area (Å²) in [6, 6.07) is 16.3. The van der Waals surface area contributed by atoms with Crippen molar-refractivity contribution in [1.29, 1.82) is 0 Å². The topological polar surface area (TPSA) is 64.6 Å². The minimum absolute atomic E-state index is 0.308. The van der Waals surface area contributed by atoms with Crippen LogP contribution in [0.5, 0.6) is 5.75 Å². The molecule has 0 spiro atoms. The molecule has 24 heavy (non-hydrogen) atoms. The van der Waals surface area contributed by atoms with E-state index in [0.717, 1.165) is 16.9 Å². The zero-order valence-corrected chi connectivity index (χ0v) is 13.4. The monoisotopic (exact) mass is 325 g/mol. The second-order valence-corrected chi connectivity index (χ2v) is 5.69. The van der Waals surface area contributed by atoms with Gasteiger partial charge in [0.1, 0.15) is 11.8 Å². The normalized spacial score (nSPS) is 16.6. The Kier molecular flexibility index (Phi) is 4.79. The standard InChI is InChI=1S/C19H19NO4/c1-23-19(22)15(11-13-7-3-2-4-8-13)20-18(21)17-12-14-9-5-6-10-16(14)24-17/h2-10,15,17H,11-12H2,1H3,(H,20,21)/t15-,17-/m0/s1. The van der Waals surface area contributed by atoms with Crippen LogP contribution in [0.4, 0.5) is 0 Å². The van der Waals surface area contributed by atoms with Gasteiger partial charge in [0.25, 0.3) is 5.91 Å². The first-order valence-corrected chi connectivity index (χ1v) is 7.84. The molecule has 0 saturated heterocycles. The van der Waals surface area contributed by atoms with Gasteiger partial charge in [-0.3, -0.25) is 4.79 Å². The summed E-state index contributed by atoms with van der Waals surface area (Å²) in [5.41, 5.74) is 1.94. The van der Waals surface area contributed by atoms with Gasteiger partial charge in [0, 0.05) is 12.8 Å². The van der Waals surface area contributed by atoms with E-state index in [0.29, 0.717) is 12.8 Å². The summed E-state index contributed by atoms with van der Waals surface area (Å²) in [7, 11) is 1.31. The van der Waals surface area contributed by atoms with Crippen LogP contribution < -0.4 is 10.1 Å². The van der Waals surface area contributed by atoms with Crippen LogP contribution in [-0.2, 0) is 27.2 Å². The fraction of sp³-hybridized carbons (Fsp3) is 0.263. The number of carbonyl (C=O) groups is 2. The van der Waals surface area contributed by atoms with Crippen molar-refractivity contribution in [2.24, 2.45) is 0 Å². The molecule has 2 atom stereocenters. The molecule has 0 radical (unpaired) electrons. The van der Waals surface area contributed by atoms with Crippen LogP contribution in [0.3, 0.4) is 0 Å². The number of amides is 1. The highest BCUT2D eigenvalue weighted by atomic mass is 16.5. The summed E-state index contributed by atoms with van der Waals surface area (Å²) in [5, 5.41) is 2.75. The molecule has 124 valence electrons. The minimum Gasteiger partial charge on any atom is -0.480 e. The van der Waals surface area contributed by atoms with Crippen LogP contribution in [0.25, 0.3) is 0 Å². The fourth-order valence-electron chi connectivity index (χ4n) is 2.78. The molecule has 3 rings (SSSR count). The Bertz CT molecular complexity index is 704. The van der Waals surface area contributed by atoms with Gasteiger partial charge in [-0.25, -0.2) is 4.79 Å². The Balaban J connectivity index is 1.67. The van der Waals surface area contributed by atoms with Gasteiger partial charge in [-0.15, -0.1) is 0 Å². The van der Waals surface area contributed by atoms with Crippen molar-refractivity contribution in [3.63, 3.8) is 0 Å². The van der Waals surface area contributed by atoms with Gasteiger partial charge in [0.15, 0.2) is 6.10 Å². The number of rotatable bonds is 5. The van der Waals surface area contributed by atoms with E-state index in [-0.39, 0.29) is 5.91 Å². The van der Waals surface area contributed by atoms with Gasteiger partial charge in [-0.2, -0.15) is 0 Å². The number of benzene rings is 2. The van der Waals surface area contributed by atoms with Crippen LogP contribution in [0.1, 0.15) is 11.1 Å². The number of para-hydroxylation sites is 1. The molecule has 0 unspecified atom stereocenters. The van der Waals surface area contributed by atoms with Crippen molar-refractivity contribution in [3.05, 3.63) is 65.7 Å². The van der Waals surface area contributed by atoms with Crippen LogP contribution in [0.2, 0.25) is 0 Å². The van der Waals surface area contributed by atoms with Crippen LogP contribution in [0, 0.1) is 0 Å². The summed E-state index contributed by atoms with van der Waals surface area (Å²) in [6.07, 6.45) is 0.255. The number of fused-ring (bicyclic) bond motifs is 1. The first kappa shape index (κ1) is 16.1. The van der Waals surface area contributed by atoms with E-state index in [1.807, 2.05) is 54.6 Å². The molecular weight excluding hydrogens is 306 g/mol. The lowest BCUT2D eigenvalue weighted by Crippen LogP contribution is -2.48. The summed E-state index contributed by atoms with van der Waals surface area (Å²) in [4.78, 5) is 24.5. The number of nitrogens with one attached hydrogen (secondary N) is 1. The van der Waals surface area contributed by atoms with Crippen molar-refractivity contribution >= 4 is 11.9 Å². The summed E-state index contributed by atoms with van der Waals surface area (Å²) in [6.45, 7) is 0. The van der Waals surface area contributed by atoms with Crippen LogP contribution in [-0.4, -0.2) is 31.1 Å². The Morgan fingerprint density at radius 3 is 2.58 bits per heavy atom. The molecule has 5 heteroatoms. The third-order valence-corrected chi connectivity index (χ3v) is 4.02. The molecule has 0 aliphatic carbocycles. The summed E-state index contributed by atoms with van der Waals surface area (Å²) < 4.78 is 10.5. The van der Waals surface area contributed by atoms with Crippen LogP contribution >= 0.6 is 0 Å². The summed E-state index contributed by atoms with van der Waals surface area (Å²) >= 11 is 0. The van der Waals surface area contributed by atoms with E-state index in [2.05, 4.69) is 5.32 Å². The number of methoxy groups -OCH3 is 1. The first-order chi connectivity index (χ1) is 11.7. The average molecular weight is 325 g/mol. The molecular formula is C19H19NO4. The van der Waals surface area contributed by atoms with E-state index < -0.39 is 18.1 Å². The molecule has 0 saturated carbocycles. The molecule has 1 aliphatic heterocycles. The molecule has 1 heterocycles. The van der Waals surface area contributed by atoms with Gasteiger partial charge < -0.3 is 14.8 Å². The van der Waals surface area contributed by atoms with Crippen molar-refractivity contribution in [2.45, 2.75) is 25.0 Å². The molecule has 1 aliphatic rings. The van der Waals surface area contributed by atoms with E-state index >= 15 is 0 Å².